The maximum Gasteiger partial charge on any atom is 0.257 e. The van der Waals surface area contributed by atoms with Crippen LogP contribution in [0.3, 0.4) is 0 Å². The minimum Gasteiger partial charge on any atom is -0.497 e. The molecule has 0 unspecified atom stereocenters. The number of fused-ring (bicyclic) bond motifs is 2. The number of methoxy groups -OCH3 is 1. The third kappa shape index (κ3) is 4.08. The van der Waals surface area contributed by atoms with Gasteiger partial charge in [0.1, 0.15) is 16.8 Å². The molecule has 2 aromatic carbocycles. The second-order valence-electron chi connectivity index (χ2n) is 8.14. The van der Waals surface area contributed by atoms with Gasteiger partial charge in [0.05, 0.1) is 29.4 Å². The smallest absolute Gasteiger partial charge is 0.257 e. The maximum absolute atomic E-state index is 13.5. The molecule has 5 rings (SSSR count). The number of pyridine rings is 1. The van der Waals surface area contributed by atoms with Crippen LogP contribution in [0.5, 0.6) is 5.75 Å². The van der Waals surface area contributed by atoms with E-state index >= 15 is 0 Å². The highest BCUT2D eigenvalue weighted by Crippen LogP contribution is 2.37. The van der Waals surface area contributed by atoms with Crippen LogP contribution in [0.25, 0.3) is 22.2 Å². The molecule has 1 aliphatic carbocycles. The lowest BCUT2D eigenvalue weighted by Crippen LogP contribution is -2.13. The average Bonchev–Trinajstić information content (AvgIpc) is 3.01. The molecule has 4 aromatic rings. The molecule has 5 nitrogen and oxygen atoms in total. The number of benzene rings is 2. The SMILES string of the molecule is COc1cccc(-c2cc(C(=O)Nc3sc4c(c3C#N)CCCCC4)c3ccccc3n2)c1. The van der Waals surface area contributed by atoms with Crippen molar-refractivity contribution in [1.82, 2.24) is 4.98 Å². The first kappa shape index (κ1) is 21.2. The summed E-state index contributed by atoms with van der Waals surface area (Å²) < 4.78 is 5.36. The second kappa shape index (κ2) is 9.05. The standard InChI is InChI=1S/C27H23N3O2S/c1-32-18-9-7-8-17(14-18)24-15-21(19-10-5-6-12-23(19)29-24)26(31)30-27-22(16-28)20-11-3-2-4-13-25(20)33-27/h5-10,12,14-15H,2-4,11,13H2,1H3,(H,30,31). The Morgan fingerprint density at radius 3 is 2.79 bits per heavy atom. The zero-order valence-corrected chi connectivity index (χ0v) is 19.2. The van der Waals surface area contributed by atoms with Gasteiger partial charge in [0.2, 0.25) is 0 Å². The van der Waals surface area contributed by atoms with E-state index in [1.54, 1.807) is 18.4 Å². The van der Waals surface area contributed by atoms with Crippen LogP contribution in [0, 0.1) is 11.3 Å². The molecule has 0 saturated carbocycles. The van der Waals surface area contributed by atoms with Gasteiger partial charge in [-0.3, -0.25) is 4.79 Å². The first-order valence-corrected chi connectivity index (χ1v) is 11.9. The van der Waals surface area contributed by atoms with Crippen LogP contribution in [0.1, 0.15) is 45.6 Å². The van der Waals surface area contributed by atoms with Crippen LogP contribution in [-0.4, -0.2) is 18.0 Å². The number of carbonyl (C=O) groups is 1. The van der Waals surface area contributed by atoms with E-state index in [1.165, 1.54) is 11.3 Å². The number of hydrogen-bond donors (Lipinski definition) is 1. The lowest BCUT2D eigenvalue weighted by molar-refractivity contribution is 0.102. The highest BCUT2D eigenvalue weighted by molar-refractivity contribution is 7.16. The van der Waals surface area contributed by atoms with Gasteiger partial charge >= 0.3 is 0 Å². The molecule has 1 aliphatic rings. The third-order valence-corrected chi connectivity index (χ3v) is 7.29. The number of nitrogens with zero attached hydrogens (tertiary/aromatic N) is 2. The Kier molecular flexibility index (Phi) is 5.80. The summed E-state index contributed by atoms with van der Waals surface area (Å²) in [6.07, 6.45) is 5.28. The largest absolute Gasteiger partial charge is 0.497 e. The molecule has 0 spiro atoms. The molecule has 2 heterocycles. The minimum atomic E-state index is -0.231. The van der Waals surface area contributed by atoms with Gasteiger partial charge in [0, 0.05) is 15.8 Å². The number of anilines is 1. The van der Waals surface area contributed by atoms with Gasteiger partial charge < -0.3 is 10.1 Å². The molecule has 0 saturated heterocycles. The summed E-state index contributed by atoms with van der Waals surface area (Å²) >= 11 is 1.55. The van der Waals surface area contributed by atoms with Gasteiger partial charge in [-0.15, -0.1) is 11.3 Å². The van der Waals surface area contributed by atoms with Crippen LogP contribution in [0.4, 0.5) is 5.00 Å². The fourth-order valence-corrected chi connectivity index (χ4v) is 5.65. The molecule has 0 atom stereocenters. The monoisotopic (exact) mass is 453 g/mol. The Balaban J connectivity index is 1.57. The van der Waals surface area contributed by atoms with Crippen LogP contribution < -0.4 is 10.1 Å². The molecule has 0 fully saturated rings. The van der Waals surface area contributed by atoms with Crippen LogP contribution in [-0.2, 0) is 12.8 Å². The van der Waals surface area contributed by atoms with E-state index < -0.39 is 0 Å². The summed E-state index contributed by atoms with van der Waals surface area (Å²) in [4.78, 5) is 19.5. The summed E-state index contributed by atoms with van der Waals surface area (Å²) in [6, 6.07) is 19.4. The van der Waals surface area contributed by atoms with Gasteiger partial charge in [-0.25, -0.2) is 4.98 Å². The van der Waals surface area contributed by atoms with E-state index in [2.05, 4.69) is 11.4 Å². The summed E-state index contributed by atoms with van der Waals surface area (Å²) in [5, 5.41) is 14.3. The molecule has 0 bridgehead atoms. The van der Waals surface area contributed by atoms with E-state index in [9.17, 15) is 10.1 Å². The third-order valence-electron chi connectivity index (χ3n) is 6.09. The first-order valence-electron chi connectivity index (χ1n) is 11.1. The number of para-hydroxylation sites is 1. The summed E-state index contributed by atoms with van der Waals surface area (Å²) in [7, 11) is 1.63. The summed E-state index contributed by atoms with van der Waals surface area (Å²) in [5.74, 6) is 0.498. The van der Waals surface area contributed by atoms with Crippen molar-refractivity contribution in [2.75, 3.05) is 12.4 Å². The Morgan fingerprint density at radius 2 is 1.94 bits per heavy atom. The number of carbonyl (C=O) groups excluding carboxylic acids is 1. The van der Waals surface area contributed by atoms with Gasteiger partial charge in [0.15, 0.2) is 0 Å². The Labute approximate surface area is 196 Å². The number of nitriles is 1. The van der Waals surface area contributed by atoms with Gasteiger partial charge in [0.25, 0.3) is 5.91 Å². The molecule has 1 amide bonds. The zero-order valence-electron chi connectivity index (χ0n) is 18.4. The minimum absolute atomic E-state index is 0.231. The predicted molar refractivity (Wildman–Crippen MR) is 132 cm³/mol. The fourth-order valence-electron chi connectivity index (χ4n) is 4.41. The maximum atomic E-state index is 13.5. The van der Waals surface area contributed by atoms with Crippen molar-refractivity contribution in [3.05, 3.63) is 76.2 Å². The highest BCUT2D eigenvalue weighted by Gasteiger charge is 2.22. The number of thiophene rings is 1. The summed E-state index contributed by atoms with van der Waals surface area (Å²) in [6.45, 7) is 0. The molecule has 0 aliphatic heterocycles. The average molecular weight is 454 g/mol. The van der Waals surface area contributed by atoms with Crippen molar-refractivity contribution in [1.29, 1.82) is 5.26 Å². The Hall–Kier alpha value is -3.69. The molecular formula is C27H23N3O2S. The van der Waals surface area contributed by atoms with Gasteiger partial charge in [-0.05, 0) is 55.5 Å². The van der Waals surface area contributed by atoms with E-state index in [0.29, 0.717) is 21.8 Å². The normalized spacial score (nSPS) is 13.1. The van der Waals surface area contributed by atoms with Crippen molar-refractivity contribution >= 4 is 33.1 Å². The molecule has 0 radical (unpaired) electrons. The van der Waals surface area contributed by atoms with Crippen molar-refractivity contribution in [3.63, 3.8) is 0 Å². The molecular weight excluding hydrogens is 430 g/mol. The number of nitrogens with one attached hydrogen (secondary N) is 1. The van der Waals surface area contributed by atoms with Crippen molar-refractivity contribution < 1.29 is 9.53 Å². The van der Waals surface area contributed by atoms with Gasteiger partial charge in [-0.2, -0.15) is 5.26 Å². The predicted octanol–water partition coefficient (Wildman–Crippen LogP) is 6.36. The summed E-state index contributed by atoms with van der Waals surface area (Å²) in [5.41, 5.74) is 4.58. The van der Waals surface area contributed by atoms with Crippen molar-refractivity contribution in [3.8, 4) is 23.1 Å². The molecule has 33 heavy (non-hydrogen) atoms. The lowest BCUT2D eigenvalue weighted by atomic mass is 10.0. The Bertz CT molecular complexity index is 1400. The number of aromatic nitrogens is 1. The highest BCUT2D eigenvalue weighted by atomic mass is 32.1. The van der Waals surface area contributed by atoms with Crippen LogP contribution >= 0.6 is 11.3 Å². The topological polar surface area (TPSA) is 75.0 Å². The number of aryl methyl sites for hydroxylation is 1. The van der Waals surface area contributed by atoms with Crippen LogP contribution in [0.2, 0.25) is 0 Å². The number of rotatable bonds is 4. The van der Waals surface area contributed by atoms with Crippen molar-refractivity contribution in [2.45, 2.75) is 32.1 Å². The molecule has 6 heteroatoms. The van der Waals surface area contributed by atoms with E-state index in [4.69, 9.17) is 9.72 Å². The fraction of sp³-hybridized carbons (Fsp3) is 0.222. The number of hydrogen-bond acceptors (Lipinski definition) is 5. The first-order chi connectivity index (χ1) is 16.2. The van der Waals surface area contributed by atoms with Gasteiger partial charge in [-0.1, -0.05) is 36.8 Å². The van der Waals surface area contributed by atoms with Crippen molar-refractivity contribution in [2.24, 2.45) is 0 Å². The second-order valence-corrected chi connectivity index (χ2v) is 9.24. The van der Waals surface area contributed by atoms with E-state index in [1.807, 2.05) is 54.6 Å². The molecule has 2 aromatic heterocycles. The van der Waals surface area contributed by atoms with Crippen LogP contribution in [0.15, 0.2) is 54.6 Å². The lowest BCUT2D eigenvalue weighted by Gasteiger charge is -2.11. The quantitative estimate of drug-likeness (QED) is 0.365. The zero-order chi connectivity index (χ0) is 22.8. The number of ether oxygens (including phenoxy) is 1. The van der Waals surface area contributed by atoms with E-state index in [-0.39, 0.29) is 5.91 Å². The Morgan fingerprint density at radius 1 is 1.09 bits per heavy atom. The molecule has 1 N–H and O–H groups in total. The number of amides is 1. The van der Waals surface area contributed by atoms with E-state index in [0.717, 1.165) is 53.5 Å². The molecule has 164 valence electrons.